The average Bonchev–Trinajstić information content (AvgIpc) is 2.95. The van der Waals surface area contributed by atoms with Crippen LogP contribution >= 0.6 is 0 Å². The number of ether oxygens (including phenoxy) is 1. The molecule has 3 rings (SSSR count). The summed E-state index contributed by atoms with van der Waals surface area (Å²) in [5.41, 5.74) is 2.57. The number of nitrogens with one attached hydrogen (secondary N) is 1. The number of aromatic nitrogens is 2. The van der Waals surface area contributed by atoms with Crippen molar-refractivity contribution in [2.24, 2.45) is 0 Å². The quantitative estimate of drug-likeness (QED) is 0.829. The second kappa shape index (κ2) is 6.76. The zero-order valence-corrected chi connectivity index (χ0v) is 12.6. The molecule has 2 aromatic rings. The number of rotatable bonds is 6. The molecule has 0 amide bonds. The summed E-state index contributed by atoms with van der Waals surface area (Å²) in [4.78, 5) is 0. The van der Waals surface area contributed by atoms with Crippen molar-refractivity contribution in [2.75, 3.05) is 13.2 Å². The first-order chi connectivity index (χ1) is 10.4. The summed E-state index contributed by atoms with van der Waals surface area (Å²) in [6, 6.07) is 10.5. The number of benzene rings is 1. The van der Waals surface area contributed by atoms with E-state index < -0.39 is 0 Å². The van der Waals surface area contributed by atoms with Crippen LogP contribution in [0.4, 0.5) is 0 Å². The van der Waals surface area contributed by atoms with E-state index in [0.717, 1.165) is 44.8 Å². The molecule has 2 heterocycles. The molecule has 0 aliphatic carbocycles. The van der Waals surface area contributed by atoms with Gasteiger partial charge in [-0.1, -0.05) is 25.1 Å². The van der Waals surface area contributed by atoms with E-state index in [4.69, 9.17) is 4.74 Å². The Morgan fingerprint density at radius 1 is 1.33 bits per heavy atom. The van der Waals surface area contributed by atoms with Crippen LogP contribution in [0, 0.1) is 0 Å². The third-order valence-corrected chi connectivity index (χ3v) is 4.01. The van der Waals surface area contributed by atoms with Crippen molar-refractivity contribution < 1.29 is 4.74 Å². The van der Waals surface area contributed by atoms with E-state index in [1.54, 1.807) is 0 Å². The van der Waals surface area contributed by atoms with Crippen LogP contribution < -0.4 is 10.1 Å². The van der Waals surface area contributed by atoms with Gasteiger partial charge in [0.1, 0.15) is 5.75 Å². The lowest BCUT2D eigenvalue weighted by Gasteiger charge is -2.26. The first kappa shape index (κ1) is 14.1. The summed E-state index contributed by atoms with van der Waals surface area (Å²) in [7, 11) is 0. The van der Waals surface area contributed by atoms with Crippen LogP contribution in [0.5, 0.6) is 5.75 Å². The third kappa shape index (κ3) is 3.27. The first-order valence-electron chi connectivity index (χ1n) is 7.81. The van der Waals surface area contributed by atoms with Gasteiger partial charge in [-0.25, -0.2) is 0 Å². The Bertz CT molecular complexity index is 579. The average molecular weight is 285 g/mol. The Morgan fingerprint density at radius 2 is 2.24 bits per heavy atom. The van der Waals surface area contributed by atoms with E-state index in [1.807, 2.05) is 12.3 Å². The predicted octanol–water partition coefficient (Wildman–Crippen LogP) is 2.95. The Labute approximate surface area is 126 Å². The van der Waals surface area contributed by atoms with Gasteiger partial charge in [-0.2, -0.15) is 5.10 Å². The van der Waals surface area contributed by atoms with Gasteiger partial charge in [0.2, 0.25) is 0 Å². The van der Waals surface area contributed by atoms with E-state index in [9.17, 15) is 0 Å². The molecule has 1 aliphatic heterocycles. The first-order valence-corrected chi connectivity index (χ1v) is 7.81. The molecule has 1 unspecified atom stereocenters. The zero-order chi connectivity index (χ0) is 14.5. The summed E-state index contributed by atoms with van der Waals surface area (Å²) in [6.45, 7) is 5.84. The lowest BCUT2D eigenvalue weighted by atomic mass is 9.93. The van der Waals surface area contributed by atoms with Gasteiger partial charge in [-0.15, -0.1) is 0 Å². The Kier molecular flexibility index (Phi) is 4.55. The topological polar surface area (TPSA) is 39.1 Å². The molecule has 1 N–H and O–H groups in total. The second-order valence-electron chi connectivity index (χ2n) is 5.55. The molecular formula is C17H23N3O. The number of hydrogen-bond acceptors (Lipinski definition) is 3. The summed E-state index contributed by atoms with van der Waals surface area (Å²) in [5, 5.41) is 7.95. The van der Waals surface area contributed by atoms with Gasteiger partial charge >= 0.3 is 0 Å². The van der Waals surface area contributed by atoms with Crippen LogP contribution in [0.1, 0.15) is 36.9 Å². The molecule has 1 atom stereocenters. The minimum atomic E-state index is 0.486. The van der Waals surface area contributed by atoms with Crippen molar-refractivity contribution in [1.82, 2.24) is 15.1 Å². The minimum absolute atomic E-state index is 0.486. The van der Waals surface area contributed by atoms with Gasteiger partial charge in [0.05, 0.1) is 12.3 Å². The molecule has 4 heteroatoms. The predicted molar refractivity (Wildman–Crippen MR) is 83.5 cm³/mol. The van der Waals surface area contributed by atoms with E-state index in [-0.39, 0.29) is 0 Å². The lowest BCUT2D eigenvalue weighted by molar-refractivity contribution is 0.255. The van der Waals surface area contributed by atoms with Crippen LogP contribution in [0.2, 0.25) is 0 Å². The Hall–Kier alpha value is -1.81. The van der Waals surface area contributed by atoms with Crippen LogP contribution in [0.3, 0.4) is 0 Å². The van der Waals surface area contributed by atoms with Crippen molar-refractivity contribution in [3.8, 4) is 5.75 Å². The summed E-state index contributed by atoms with van der Waals surface area (Å²) in [6.07, 6.45) is 4.11. The SMILES string of the molecule is CCCNCc1ccnn1CC1CCOc2ccccc21. The molecule has 0 fully saturated rings. The van der Waals surface area contributed by atoms with Gasteiger partial charge in [0.15, 0.2) is 0 Å². The molecule has 21 heavy (non-hydrogen) atoms. The second-order valence-corrected chi connectivity index (χ2v) is 5.55. The number of hydrogen-bond donors (Lipinski definition) is 1. The van der Waals surface area contributed by atoms with Gasteiger partial charge in [-0.3, -0.25) is 4.68 Å². The fourth-order valence-corrected chi connectivity index (χ4v) is 2.88. The standard InChI is InChI=1S/C17H23N3O/c1-2-9-18-12-15-7-10-19-20(15)13-14-8-11-21-17-6-4-3-5-16(14)17/h3-7,10,14,18H,2,8-9,11-13H2,1H3. The fourth-order valence-electron chi connectivity index (χ4n) is 2.88. The van der Waals surface area contributed by atoms with Crippen LogP contribution in [-0.2, 0) is 13.1 Å². The highest BCUT2D eigenvalue weighted by Crippen LogP contribution is 2.34. The van der Waals surface area contributed by atoms with Gasteiger partial charge in [0.25, 0.3) is 0 Å². The zero-order valence-electron chi connectivity index (χ0n) is 12.6. The highest BCUT2D eigenvalue weighted by atomic mass is 16.5. The third-order valence-electron chi connectivity index (χ3n) is 4.01. The molecule has 1 aromatic heterocycles. The molecule has 0 bridgehead atoms. The van der Waals surface area contributed by atoms with Crippen molar-refractivity contribution in [1.29, 1.82) is 0 Å². The highest BCUT2D eigenvalue weighted by Gasteiger charge is 2.22. The van der Waals surface area contributed by atoms with Crippen LogP contribution in [0.15, 0.2) is 36.5 Å². The van der Waals surface area contributed by atoms with Crippen molar-refractivity contribution in [2.45, 2.75) is 38.8 Å². The van der Waals surface area contributed by atoms with Gasteiger partial charge in [-0.05, 0) is 37.1 Å². The van der Waals surface area contributed by atoms with Crippen molar-refractivity contribution in [3.05, 3.63) is 47.8 Å². The molecule has 4 nitrogen and oxygen atoms in total. The molecule has 0 radical (unpaired) electrons. The molecule has 0 saturated carbocycles. The molecule has 0 spiro atoms. The molecular weight excluding hydrogens is 262 g/mol. The van der Waals surface area contributed by atoms with Crippen molar-refractivity contribution >= 4 is 0 Å². The largest absolute Gasteiger partial charge is 0.493 e. The highest BCUT2D eigenvalue weighted by molar-refractivity contribution is 5.37. The molecule has 1 aromatic carbocycles. The maximum absolute atomic E-state index is 5.74. The Balaban J connectivity index is 1.72. The van der Waals surface area contributed by atoms with Crippen molar-refractivity contribution in [3.63, 3.8) is 0 Å². The molecule has 0 saturated heterocycles. The van der Waals surface area contributed by atoms with Crippen LogP contribution in [0.25, 0.3) is 0 Å². The number of para-hydroxylation sites is 1. The Morgan fingerprint density at radius 3 is 3.14 bits per heavy atom. The summed E-state index contributed by atoms with van der Waals surface area (Å²) < 4.78 is 7.87. The lowest BCUT2D eigenvalue weighted by Crippen LogP contribution is -2.22. The molecule has 1 aliphatic rings. The summed E-state index contributed by atoms with van der Waals surface area (Å²) >= 11 is 0. The fraction of sp³-hybridized carbons (Fsp3) is 0.471. The summed E-state index contributed by atoms with van der Waals surface area (Å²) in [5.74, 6) is 1.52. The number of nitrogens with zero attached hydrogens (tertiary/aromatic N) is 2. The maximum Gasteiger partial charge on any atom is 0.122 e. The van der Waals surface area contributed by atoms with Gasteiger partial charge in [0, 0.05) is 25.2 Å². The maximum atomic E-state index is 5.74. The minimum Gasteiger partial charge on any atom is -0.493 e. The van der Waals surface area contributed by atoms with E-state index in [1.165, 1.54) is 11.3 Å². The van der Waals surface area contributed by atoms with E-state index in [0.29, 0.717) is 5.92 Å². The monoisotopic (exact) mass is 285 g/mol. The smallest absolute Gasteiger partial charge is 0.122 e. The van der Waals surface area contributed by atoms with Gasteiger partial charge < -0.3 is 10.1 Å². The molecule has 112 valence electrons. The van der Waals surface area contributed by atoms with E-state index in [2.05, 4.69) is 46.3 Å². The number of fused-ring (bicyclic) bond motifs is 1. The normalized spacial score (nSPS) is 17.3. The van der Waals surface area contributed by atoms with E-state index >= 15 is 0 Å². The van der Waals surface area contributed by atoms with Crippen LogP contribution in [-0.4, -0.2) is 22.9 Å².